The van der Waals surface area contributed by atoms with Crippen LogP contribution in [0.2, 0.25) is 5.02 Å². The fourth-order valence-corrected chi connectivity index (χ4v) is 3.82. The van der Waals surface area contributed by atoms with Crippen LogP contribution in [-0.4, -0.2) is 24.3 Å². The summed E-state index contributed by atoms with van der Waals surface area (Å²) in [6, 6.07) is 12.7. The van der Waals surface area contributed by atoms with Crippen LogP contribution >= 0.6 is 11.6 Å². The summed E-state index contributed by atoms with van der Waals surface area (Å²) in [6.07, 6.45) is 5.18. The van der Waals surface area contributed by atoms with Crippen LogP contribution < -0.4 is 4.72 Å². The van der Waals surface area contributed by atoms with E-state index in [2.05, 4.69) is 9.71 Å². The predicted octanol–water partition coefficient (Wildman–Crippen LogP) is 3.04. The summed E-state index contributed by atoms with van der Waals surface area (Å²) in [6.45, 7) is 0.387. The Hall–Kier alpha value is -1.89. The molecule has 0 saturated heterocycles. The van der Waals surface area contributed by atoms with Crippen LogP contribution in [0.15, 0.2) is 54.9 Å². The van der Waals surface area contributed by atoms with Gasteiger partial charge in [0, 0.05) is 24.2 Å². The minimum absolute atomic E-state index is 0.0452. The molecule has 0 aliphatic rings. The third-order valence-electron chi connectivity index (χ3n) is 3.68. The molecule has 0 aliphatic heterocycles. The van der Waals surface area contributed by atoms with E-state index in [4.69, 9.17) is 11.6 Å². The first-order chi connectivity index (χ1) is 11.5. The van der Waals surface area contributed by atoms with Crippen molar-refractivity contribution in [3.8, 4) is 0 Å². The molecule has 2 aromatic heterocycles. The number of hydrogen-bond acceptors (Lipinski definition) is 3. The van der Waals surface area contributed by atoms with Gasteiger partial charge >= 0.3 is 0 Å². The molecule has 24 heavy (non-hydrogen) atoms. The van der Waals surface area contributed by atoms with E-state index in [-0.39, 0.29) is 5.75 Å². The highest BCUT2D eigenvalue weighted by Gasteiger charge is 2.11. The van der Waals surface area contributed by atoms with Crippen LogP contribution in [0.25, 0.3) is 5.52 Å². The van der Waals surface area contributed by atoms with Crippen molar-refractivity contribution >= 4 is 27.1 Å². The molecule has 0 radical (unpaired) electrons. The molecule has 0 amide bonds. The zero-order valence-corrected chi connectivity index (χ0v) is 14.6. The van der Waals surface area contributed by atoms with Crippen molar-refractivity contribution in [2.45, 2.75) is 18.6 Å². The maximum atomic E-state index is 12.1. The van der Waals surface area contributed by atoms with E-state index in [9.17, 15) is 8.42 Å². The molecule has 0 fully saturated rings. The van der Waals surface area contributed by atoms with Gasteiger partial charge in [-0.2, -0.15) is 0 Å². The van der Waals surface area contributed by atoms with Crippen molar-refractivity contribution in [2.24, 2.45) is 0 Å². The smallest absolute Gasteiger partial charge is 0.215 e. The van der Waals surface area contributed by atoms with Gasteiger partial charge in [0.05, 0.1) is 17.5 Å². The average Bonchev–Trinajstić information content (AvgIpc) is 2.97. The number of benzene rings is 1. The molecule has 0 atom stereocenters. The van der Waals surface area contributed by atoms with Crippen molar-refractivity contribution in [2.75, 3.05) is 6.54 Å². The maximum absolute atomic E-state index is 12.1. The van der Waals surface area contributed by atoms with E-state index >= 15 is 0 Å². The Balaban J connectivity index is 1.51. The minimum atomic E-state index is -3.35. The number of fused-ring (bicyclic) bond motifs is 1. The zero-order chi connectivity index (χ0) is 17.0. The van der Waals surface area contributed by atoms with Crippen LogP contribution in [0.5, 0.6) is 0 Å². The van der Waals surface area contributed by atoms with Crippen molar-refractivity contribution in [3.05, 3.63) is 71.3 Å². The van der Waals surface area contributed by atoms with E-state index in [0.717, 1.165) is 11.3 Å². The molecule has 0 spiro atoms. The van der Waals surface area contributed by atoms with Gasteiger partial charge in [-0.3, -0.25) is 0 Å². The Kier molecular flexibility index (Phi) is 5.18. The summed E-state index contributed by atoms with van der Waals surface area (Å²) in [5.41, 5.74) is 1.75. The molecular formula is C17H18ClN3O2S. The van der Waals surface area contributed by atoms with Gasteiger partial charge in [0.25, 0.3) is 0 Å². The number of imidazole rings is 1. The Morgan fingerprint density at radius 1 is 1.12 bits per heavy atom. The Bertz CT molecular complexity index is 920. The average molecular weight is 364 g/mol. The molecule has 2 heterocycles. The second-order valence-electron chi connectivity index (χ2n) is 5.55. The van der Waals surface area contributed by atoms with Gasteiger partial charge in [-0.25, -0.2) is 18.1 Å². The fourth-order valence-electron chi connectivity index (χ4n) is 2.51. The van der Waals surface area contributed by atoms with Crippen molar-refractivity contribution < 1.29 is 8.42 Å². The molecule has 0 unspecified atom stereocenters. The SMILES string of the molecule is O=S(=O)(Cc1ccc(Cl)cc1)NCCCc1ncc2ccccn12. The number of pyridine rings is 1. The molecule has 1 aromatic carbocycles. The Labute approximate surface area is 146 Å². The zero-order valence-electron chi connectivity index (χ0n) is 13.0. The first kappa shape index (κ1) is 17.0. The van der Waals surface area contributed by atoms with Crippen molar-refractivity contribution in [1.29, 1.82) is 0 Å². The predicted molar refractivity (Wildman–Crippen MR) is 95.6 cm³/mol. The van der Waals surface area contributed by atoms with E-state index < -0.39 is 10.0 Å². The van der Waals surface area contributed by atoms with Crippen molar-refractivity contribution in [1.82, 2.24) is 14.1 Å². The highest BCUT2D eigenvalue weighted by Crippen LogP contribution is 2.12. The molecule has 5 nitrogen and oxygen atoms in total. The topological polar surface area (TPSA) is 63.5 Å². The first-order valence-electron chi connectivity index (χ1n) is 7.66. The molecule has 1 N–H and O–H groups in total. The monoisotopic (exact) mass is 363 g/mol. The number of aromatic nitrogens is 2. The third kappa shape index (κ3) is 4.35. The summed E-state index contributed by atoms with van der Waals surface area (Å²) < 4.78 is 28.8. The number of rotatable bonds is 7. The quantitative estimate of drug-likeness (QED) is 0.656. The molecule has 7 heteroatoms. The van der Waals surface area contributed by atoms with E-state index in [1.54, 1.807) is 24.3 Å². The lowest BCUT2D eigenvalue weighted by Gasteiger charge is -2.07. The third-order valence-corrected chi connectivity index (χ3v) is 5.29. The fraction of sp³-hybridized carbons (Fsp3) is 0.235. The summed E-state index contributed by atoms with van der Waals surface area (Å²) in [7, 11) is -3.35. The standard InChI is InChI=1S/C17H18ClN3O2S/c18-15-8-6-14(7-9-15)13-24(22,23)20-10-3-5-17-19-12-16-4-1-2-11-21(16)17/h1-2,4,6-9,11-12,20H,3,5,10,13H2. The lowest BCUT2D eigenvalue weighted by Crippen LogP contribution is -2.26. The first-order valence-corrected chi connectivity index (χ1v) is 9.69. The van der Waals surface area contributed by atoms with E-state index in [1.165, 1.54) is 0 Å². The minimum Gasteiger partial charge on any atom is -0.304 e. The van der Waals surface area contributed by atoms with E-state index in [1.807, 2.05) is 35.0 Å². The summed E-state index contributed by atoms with van der Waals surface area (Å²) in [5, 5.41) is 0.594. The van der Waals surface area contributed by atoms with Gasteiger partial charge in [-0.15, -0.1) is 0 Å². The summed E-state index contributed by atoms with van der Waals surface area (Å²) in [4.78, 5) is 4.38. The summed E-state index contributed by atoms with van der Waals surface area (Å²) >= 11 is 5.80. The van der Waals surface area contributed by atoms with Crippen molar-refractivity contribution in [3.63, 3.8) is 0 Å². The molecular weight excluding hydrogens is 346 g/mol. The lowest BCUT2D eigenvalue weighted by atomic mass is 10.2. The van der Waals surface area contributed by atoms with Crippen LogP contribution in [0.3, 0.4) is 0 Å². The second-order valence-corrected chi connectivity index (χ2v) is 7.80. The van der Waals surface area contributed by atoms with Gasteiger partial charge in [-0.05, 0) is 36.2 Å². The number of halogens is 1. The number of hydrogen-bond donors (Lipinski definition) is 1. The van der Waals surface area contributed by atoms with Crippen LogP contribution in [0.4, 0.5) is 0 Å². The molecule has 0 saturated carbocycles. The summed E-state index contributed by atoms with van der Waals surface area (Å²) in [5.74, 6) is 0.888. The van der Waals surface area contributed by atoms with Gasteiger partial charge in [-0.1, -0.05) is 29.8 Å². The number of nitrogens with one attached hydrogen (secondary N) is 1. The van der Waals surface area contributed by atoms with E-state index in [0.29, 0.717) is 30.0 Å². The van der Waals surface area contributed by atoms with Gasteiger partial charge < -0.3 is 4.40 Å². The maximum Gasteiger partial charge on any atom is 0.215 e. The van der Waals surface area contributed by atoms with Crippen LogP contribution in [0, 0.1) is 0 Å². The number of aryl methyl sites for hydroxylation is 1. The second kappa shape index (κ2) is 7.34. The Morgan fingerprint density at radius 2 is 1.92 bits per heavy atom. The number of sulfonamides is 1. The van der Waals surface area contributed by atoms with Crippen LogP contribution in [-0.2, 0) is 22.2 Å². The Morgan fingerprint density at radius 3 is 2.71 bits per heavy atom. The molecule has 3 aromatic rings. The molecule has 0 bridgehead atoms. The largest absolute Gasteiger partial charge is 0.304 e. The molecule has 3 rings (SSSR count). The van der Waals surface area contributed by atoms with Gasteiger partial charge in [0.2, 0.25) is 10.0 Å². The highest BCUT2D eigenvalue weighted by molar-refractivity contribution is 7.88. The van der Waals surface area contributed by atoms with Gasteiger partial charge in [0.1, 0.15) is 5.82 Å². The number of nitrogens with zero attached hydrogens (tertiary/aromatic N) is 2. The highest BCUT2D eigenvalue weighted by atomic mass is 35.5. The normalized spacial score (nSPS) is 11.9. The molecule has 0 aliphatic carbocycles. The lowest BCUT2D eigenvalue weighted by molar-refractivity contribution is 0.577. The van der Waals surface area contributed by atoms with Gasteiger partial charge in [0.15, 0.2) is 0 Å². The molecule has 126 valence electrons. The van der Waals surface area contributed by atoms with Crippen LogP contribution in [0.1, 0.15) is 17.8 Å².